The number of alkyl halides is 3. The lowest BCUT2D eigenvalue weighted by atomic mass is 10.2. The van der Waals surface area contributed by atoms with E-state index in [1.807, 2.05) is 24.3 Å². The number of methoxy groups -OCH3 is 2. The molecule has 7 nitrogen and oxygen atoms in total. The zero-order valence-corrected chi connectivity index (χ0v) is 18.2. The summed E-state index contributed by atoms with van der Waals surface area (Å²) in [6.07, 6.45) is -3.07. The maximum Gasteiger partial charge on any atom is 0.416 e. The number of hydrogen-bond acceptors (Lipinski definition) is 5. The average molecular weight is 460 g/mol. The van der Waals surface area contributed by atoms with Crippen molar-refractivity contribution in [2.75, 3.05) is 45.3 Å². The van der Waals surface area contributed by atoms with Crippen molar-refractivity contribution in [2.24, 2.45) is 0 Å². The molecule has 3 aromatic rings. The molecule has 0 aliphatic carbocycles. The second-order valence-corrected chi connectivity index (χ2v) is 7.49. The molecule has 0 saturated carbocycles. The van der Waals surface area contributed by atoms with Gasteiger partial charge in [0.2, 0.25) is 0 Å². The van der Waals surface area contributed by atoms with Crippen LogP contribution in [0, 0.1) is 0 Å². The van der Waals surface area contributed by atoms with Gasteiger partial charge in [0.05, 0.1) is 37.4 Å². The number of anilines is 1. The number of benzene rings is 2. The Hall–Kier alpha value is -3.69. The summed E-state index contributed by atoms with van der Waals surface area (Å²) in [5.74, 6) is 0.626. The molecule has 1 aliphatic rings. The van der Waals surface area contributed by atoms with Gasteiger partial charge in [-0.2, -0.15) is 18.3 Å². The van der Waals surface area contributed by atoms with Gasteiger partial charge in [0.25, 0.3) is 5.91 Å². The Morgan fingerprint density at radius 3 is 2.30 bits per heavy atom. The van der Waals surface area contributed by atoms with E-state index in [2.05, 4.69) is 10.00 Å². The summed E-state index contributed by atoms with van der Waals surface area (Å²) in [5.41, 5.74) is 0.400. The zero-order valence-electron chi connectivity index (χ0n) is 18.2. The molecule has 0 spiro atoms. The van der Waals surface area contributed by atoms with Crippen molar-refractivity contribution in [3.05, 3.63) is 66.0 Å². The van der Waals surface area contributed by atoms with Crippen molar-refractivity contribution in [3.8, 4) is 17.2 Å². The predicted molar refractivity (Wildman–Crippen MR) is 116 cm³/mol. The fourth-order valence-corrected chi connectivity index (χ4v) is 3.80. The number of amides is 1. The second-order valence-electron chi connectivity index (χ2n) is 7.49. The number of para-hydroxylation sites is 2. The number of rotatable bonds is 5. The highest BCUT2D eigenvalue weighted by Crippen LogP contribution is 2.31. The highest BCUT2D eigenvalue weighted by Gasteiger charge is 2.31. The van der Waals surface area contributed by atoms with Crippen molar-refractivity contribution in [3.63, 3.8) is 0 Å². The van der Waals surface area contributed by atoms with Gasteiger partial charge in [-0.25, -0.2) is 4.68 Å². The minimum atomic E-state index is -4.48. The highest BCUT2D eigenvalue weighted by molar-refractivity contribution is 5.95. The Morgan fingerprint density at radius 1 is 0.939 bits per heavy atom. The van der Waals surface area contributed by atoms with Crippen molar-refractivity contribution < 1.29 is 27.4 Å². The second kappa shape index (κ2) is 9.05. The molecule has 2 aromatic carbocycles. The Balaban J connectivity index is 1.52. The topological polar surface area (TPSA) is 59.8 Å². The number of ether oxygens (including phenoxy) is 2. The first-order chi connectivity index (χ1) is 15.8. The van der Waals surface area contributed by atoms with E-state index in [0.29, 0.717) is 26.2 Å². The molecule has 10 heteroatoms. The Morgan fingerprint density at radius 2 is 1.64 bits per heavy atom. The lowest BCUT2D eigenvalue weighted by molar-refractivity contribution is -0.137. The van der Waals surface area contributed by atoms with Crippen molar-refractivity contribution >= 4 is 11.6 Å². The highest BCUT2D eigenvalue weighted by atomic mass is 19.4. The number of carbonyl (C=O) groups excluding carboxylic acids is 1. The van der Waals surface area contributed by atoms with E-state index in [-0.39, 0.29) is 23.0 Å². The smallest absolute Gasteiger partial charge is 0.416 e. The van der Waals surface area contributed by atoms with Gasteiger partial charge in [0, 0.05) is 26.2 Å². The number of piperazine rings is 1. The zero-order chi connectivity index (χ0) is 23.6. The quantitative estimate of drug-likeness (QED) is 0.579. The summed E-state index contributed by atoms with van der Waals surface area (Å²) in [6.45, 7) is 2.11. The molecular formula is C23H23F3N4O3. The van der Waals surface area contributed by atoms with Crippen LogP contribution in [0.4, 0.5) is 18.9 Å². The predicted octanol–water partition coefficient (Wildman–Crippen LogP) is 3.87. The molecule has 4 rings (SSSR count). The van der Waals surface area contributed by atoms with Crippen LogP contribution >= 0.6 is 0 Å². The molecule has 33 heavy (non-hydrogen) atoms. The lowest BCUT2D eigenvalue weighted by Crippen LogP contribution is -2.49. The SMILES string of the molecule is COc1ccccc1N1CCN(C(=O)c2nn(-c3cccc(C(F)(F)F)c3)cc2OC)CC1. The first-order valence-electron chi connectivity index (χ1n) is 10.3. The van der Waals surface area contributed by atoms with Crippen molar-refractivity contribution in [1.29, 1.82) is 0 Å². The summed E-state index contributed by atoms with van der Waals surface area (Å²) < 4.78 is 51.2. The number of hydrogen-bond donors (Lipinski definition) is 0. The van der Waals surface area contributed by atoms with Crippen LogP contribution in [0.5, 0.6) is 11.5 Å². The molecule has 0 bridgehead atoms. The monoisotopic (exact) mass is 460 g/mol. The molecule has 1 saturated heterocycles. The standard InChI is InChI=1S/C23H23F3N4O3/c1-32-19-9-4-3-8-18(19)28-10-12-29(13-11-28)22(31)21-20(33-2)15-30(27-21)17-7-5-6-16(14-17)23(24,25)26/h3-9,14-15H,10-13H2,1-2H3. The third-order valence-corrected chi connectivity index (χ3v) is 5.53. The number of halogens is 3. The third kappa shape index (κ3) is 4.59. The first-order valence-corrected chi connectivity index (χ1v) is 10.3. The van der Waals surface area contributed by atoms with Gasteiger partial charge in [-0.15, -0.1) is 0 Å². The van der Waals surface area contributed by atoms with Gasteiger partial charge < -0.3 is 19.3 Å². The average Bonchev–Trinajstić information content (AvgIpc) is 3.28. The lowest BCUT2D eigenvalue weighted by Gasteiger charge is -2.36. The molecule has 0 radical (unpaired) electrons. The van der Waals surface area contributed by atoms with Gasteiger partial charge in [-0.1, -0.05) is 18.2 Å². The molecule has 174 valence electrons. The van der Waals surface area contributed by atoms with Gasteiger partial charge in [-0.3, -0.25) is 4.79 Å². The summed E-state index contributed by atoms with van der Waals surface area (Å²) in [5, 5.41) is 4.25. The maximum absolute atomic E-state index is 13.2. The van der Waals surface area contributed by atoms with Crippen molar-refractivity contribution in [1.82, 2.24) is 14.7 Å². The van der Waals surface area contributed by atoms with Crippen LogP contribution in [0.2, 0.25) is 0 Å². The van der Waals surface area contributed by atoms with Crippen LogP contribution in [-0.2, 0) is 6.18 Å². The number of carbonyl (C=O) groups is 1. The summed E-state index contributed by atoms with van der Waals surface area (Å²) >= 11 is 0. The van der Waals surface area contributed by atoms with E-state index < -0.39 is 11.7 Å². The minimum absolute atomic E-state index is 0.0562. The van der Waals surface area contributed by atoms with E-state index in [0.717, 1.165) is 23.6 Å². The molecule has 1 amide bonds. The summed E-state index contributed by atoms with van der Waals surface area (Å²) in [7, 11) is 3.01. The Bertz CT molecular complexity index is 1140. The van der Waals surface area contributed by atoms with Crippen LogP contribution in [0.15, 0.2) is 54.7 Å². The fraction of sp³-hybridized carbons (Fsp3) is 0.304. The Labute approximate surface area is 188 Å². The fourth-order valence-electron chi connectivity index (χ4n) is 3.80. The normalized spacial score (nSPS) is 14.3. The van der Waals surface area contributed by atoms with E-state index in [9.17, 15) is 18.0 Å². The minimum Gasteiger partial charge on any atom is -0.495 e. The largest absolute Gasteiger partial charge is 0.495 e. The van der Waals surface area contributed by atoms with Gasteiger partial charge in [0.15, 0.2) is 11.4 Å². The Kier molecular flexibility index (Phi) is 6.17. The van der Waals surface area contributed by atoms with Gasteiger partial charge >= 0.3 is 6.18 Å². The van der Waals surface area contributed by atoms with Crippen LogP contribution < -0.4 is 14.4 Å². The molecular weight excluding hydrogens is 437 g/mol. The molecule has 0 atom stereocenters. The maximum atomic E-state index is 13.2. The van der Waals surface area contributed by atoms with Crippen molar-refractivity contribution in [2.45, 2.75) is 6.18 Å². The molecule has 0 unspecified atom stereocenters. The van der Waals surface area contributed by atoms with E-state index >= 15 is 0 Å². The summed E-state index contributed by atoms with van der Waals surface area (Å²) in [6, 6.07) is 12.4. The van der Waals surface area contributed by atoms with E-state index in [4.69, 9.17) is 9.47 Å². The van der Waals surface area contributed by atoms with E-state index in [1.54, 1.807) is 12.0 Å². The van der Waals surface area contributed by atoms with E-state index in [1.165, 1.54) is 30.1 Å². The van der Waals surface area contributed by atoms with Crippen LogP contribution in [0.25, 0.3) is 5.69 Å². The first kappa shape index (κ1) is 22.5. The van der Waals surface area contributed by atoms with Gasteiger partial charge in [-0.05, 0) is 30.3 Å². The summed E-state index contributed by atoms with van der Waals surface area (Å²) in [4.78, 5) is 17.0. The number of nitrogens with zero attached hydrogens (tertiary/aromatic N) is 4. The third-order valence-electron chi connectivity index (χ3n) is 5.53. The van der Waals surface area contributed by atoms with Crippen LogP contribution in [0.1, 0.15) is 16.1 Å². The number of aromatic nitrogens is 2. The van der Waals surface area contributed by atoms with Crippen LogP contribution in [0.3, 0.4) is 0 Å². The molecule has 1 aromatic heterocycles. The van der Waals surface area contributed by atoms with Crippen LogP contribution in [-0.4, -0.2) is 61.0 Å². The van der Waals surface area contributed by atoms with Gasteiger partial charge in [0.1, 0.15) is 5.75 Å². The molecule has 1 fully saturated rings. The molecule has 1 aliphatic heterocycles. The molecule has 2 heterocycles. The molecule has 0 N–H and O–H groups in total.